The zero-order valence-corrected chi connectivity index (χ0v) is 22.5. The average Bonchev–Trinajstić information content (AvgIpc) is 3.67. The zero-order chi connectivity index (χ0) is 27.7. The van der Waals surface area contributed by atoms with Crippen LogP contribution in [0.1, 0.15) is 24.0 Å². The minimum Gasteiger partial charge on any atom is -0.488 e. The van der Waals surface area contributed by atoms with Crippen molar-refractivity contribution in [3.63, 3.8) is 0 Å². The lowest BCUT2D eigenvalue weighted by Gasteiger charge is -2.32. The summed E-state index contributed by atoms with van der Waals surface area (Å²) >= 11 is 0. The van der Waals surface area contributed by atoms with Crippen LogP contribution in [0, 0.1) is 0 Å². The fourth-order valence-electron chi connectivity index (χ4n) is 6.28. The number of aromatic nitrogens is 5. The molecule has 0 unspecified atom stereocenters. The van der Waals surface area contributed by atoms with Gasteiger partial charge in [-0.1, -0.05) is 12.1 Å². The third-order valence-electron chi connectivity index (χ3n) is 8.31. The molecule has 1 aromatic carbocycles. The maximum atomic E-state index is 13.5. The summed E-state index contributed by atoms with van der Waals surface area (Å²) in [6, 6.07) is 9.99. The van der Waals surface area contributed by atoms with Crippen LogP contribution in [0.3, 0.4) is 0 Å². The van der Waals surface area contributed by atoms with Gasteiger partial charge in [-0.05, 0) is 61.4 Å². The Morgan fingerprint density at radius 3 is 2.83 bits per heavy atom. The fourth-order valence-corrected chi connectivity index (χ4v) is 6.28. The predicted octanol–water partition coefficient (Wildman–Crippen LogP) is 3.10. The molecule has 4 aromatic rings. The fraction of sp³-hybridized carbons (Fsp3) is 0.345. The smallest absolute Gasteiger partial charge is 0.416 e. The molecule has 0 atom stereocenters. The Morgan fingerprint density at radius 2 is 1.95 bits per heavy atom. The van der Waals surface area contributed by atoms with E-state index in [2.05, 4.69) is 40.4 Å². The van der Waals surface area contributed by atoms with Gasteiger partial charge in [0.1, 0.15) is 18.6 Å². The van der Waals surface area contributed by atoms with E-state index < -0.39 is 6.09 Å². The molecule has 1 fully saturated rings. The molecule has 12 nitrogen and oxygen atoms in total. The second-order valence-electron chi connectivity index (χ2n) is 11.1. The summed E-state index contributed by atoms with van der Waals surface area (Å²) in [5, 5.41) is 3.71. The van der Waals surface area contributed by atoms with Gasteiger partial charge < -0.3 is 19.7 Å². The van der Waals surface area contributed by atoms with Crippen molar-refractivity contribution in [2.75, 3.05) is 43.6 Å². The van der Waals surface area contributed by atoms with Crippen LogP contribution in [0.5, 0.6) is 5.75 Å². The molecule has 3 aliphatic heterocycles. The highest BCUT2D eigenvalue weighted by Crippen LogP contribution is 2.52. The maximum absolute atomic E-state index is 13.5. The topological polar surface area (TPSA) is 120 Å². The van der Waals surface area contributed by atoms with Gasteiger partial charge in [0.2, 0.25) is 5.95 Å². The van der Waals surface area contributed by atoms with Crippen molar-refractivity contribution < 1.29 is 14.3 Å². The molecular weight excluding hydrogens is 524 g/mol. The molecule has 1 aliphatic carbocycles. The quantitative estimate of drug-likeness (QED) is 0.374. The number of hydrogen-bond acceptors (Lipinski definition) is 9. The van der Waals surface area contributed by atoms with Crippen molar-refractivity contribution in [3.05, 3.63) is 70.2 Å². The number of nitrogens with one attached hydrogen (secondary N) is 1. The summed E-state index contributed by atoms with van der Waals surface area (Å²) in [6.45, 7) is 2.95. The molecule has 8 rings (SSSR count). The van der Waals surface area contributed by atoms with Crippen LogP contribution in [0.2, 0.25) is 0 Å². The SMILES string of the molecule is CN1Cc2cc(Nc3ncc4c(=O)n5n(c4n3)-c3ccc4c(n3)N(CCO4)C(=O)OC/C=C\C5)ccc2C2(CC2)C1. The molecule has 6 heterocycles. The maximum Gasteiger partial charge on any atom is 0.416 e. The number of hydrogen-bond donors (Lipinski definition) is 1. The van der Waals surface area contributed by atoms with Gasteiger partial charge in [0.15, 0.2) is 23.0 Å². The van der Waals surface area contributed by atoms with Crippen molar-refractivity contribution in [2.24, 2.45) is 0 Å². The van der Waals surface area contributed by atoms with Crippen molar-refractivity contribution >= 4 is 34.6 Å². The number of cyclic esters (lactones) is 1. The first-order chi connectivity index (χ1) is 20.0. The van der Waals surface area contributed by atoms with Gasteiger partial charge in [0, 0.05) is 30.4 Å². The van der Waals surface area contributed by atoms with Crippen LogP contribution in [0.15, 0.2) is 53.5 Å². The molecule has 0 radical (unpaired) electrons. The third-order valence-corrected chi connectivity index (χ3v) is 8.31. The summed E-state index contributed by atoms with van der Waals surface area (Å²) in [7, 11) is 2.17. The Labute approximate surface area is 234 Å². The lowest BCUT2D eigenvalue weighted by Crippen LogP contribution is -2.39. The number of benzene rings is 1. The predicted molar refractivity (Wildman–Crippen MR) is 151 cm³/mol. The minimum absolute atomic E-state index is 0.0752. The number of fused-ring (bicyclic) bond motifs is 7. The van der Waals surface area contributed by atoms with Crippen LogP contribution in [-0.2, 0) is 23.2 Å². The van der Waals surface area contributed by atoms with E-state index in [0.29, 0.717) is 52.9 Å². The number of nitrogens with zero attached hydrogens (tertiary/aromatic N) is 7. The third kappa shape index (κ3) is 3.89. The van der Waals surface area contributed by atoms with Gasteiger partial charge in [-0.2, -0.15) is 4.98 Å². The Morgan fingerprint density at radius 1 is 1.05 bits per heavy atom. The van der Waals surface area contributed by atoms with Crippen LogP contribution in [0.25, 0.3) is 16.9 Å². The summed E-state index contributed by atoms with van der Waals surface area (Å²) < 4.78 is 14.4. The van der Waals surface area contributed by atoms with Crippen molar-refractivity contribution in [1.82, 2.24) is 29.2 Å². The molecule has 2 bridgehead atoms. The molecule has 208 valence electrons. The number of carbonyl (C=O) groups is 1. The molecular formula is C29H28N8O4. The number of likely N-dealkylation sites (N-methyl/N-ethyl adjacent to an activating group) is 1. The molecule has 1 N–H and O–H groups in total. The molecule has 1 amide bonds. The van der Waals surface area contributed by atoms with Crippen molar-refractivity contribution in [2.45, 2.75) is 31.3 Å². The number of allylic oxidation sites excluding steroid dienone is 1. The van der Waals surface area contributed by atoms with Gasteiger partial charge in [0.25, 0.3) is 5.56 Å². The van der Waals surface area contributed by atoms with E-state index in [0.717, 1.165) is 18.8 Å². The second kappa shape index (κ2) is 8.90. The lowest BCUT2D eigenvalue weighted by molar-refractivity contribution is 0.161. The van der Waals surface area contributed by atoms with Gasteiger partial charge in [-0.15, -0.1) is 0 Å². The Hall–Kier alpha value is -4.71. The zero-order valence-electron chi connectivity index (χ0n) is 22.5. The number of anilines is 3. The molecule has 0 saturated heterocycles. The molecule has 1 saturated carbocycles. The highest BCUT2D eigenvalue weighted by Gasteiger charge is 2.48. The first kappa shape index (κ1) is 24.1. The number of carbonyl (C=O) groups excluding carboxylic acids is 1. The highest BCUT2D eigenvalue weighted by molar-refractivity contribution is 5.89. The standard InChI is InChI=1S/C29H28N8O4/c1-34-16-18-14-19(4-5-21(18)29(17-34)8-9-29)31-27-30-15-20-24(33-27)37-23-7-6-22-25(32-23)35(11-13-40-22)28(39)41-12-3-2-10-36(37)26(20)38/h2-7,14-15H,8-13,16-17H2,1H3,(H,30,31,33)/b3-2-. The van der Waals surface area contributed by atoms with Gasteiger partial charge in [0.05, 0.1) is 13.1 Å². The Balaban J connectivity index is 1.23. The van der Waals surface area contributed by atoms with Gasteiger partial charge in [-0.25, -0.2) is 24.1 Å². The van der Waals surface area contributed by atoms with E-state index in [4.69, 9.17) is 19.4 Å². The van der Waals surface area contributed by atoms with Gasteiger partial charge in [-0.3, -0.25) is 9.69 Å². The van der Waals surface area contributed by atoms with E-state index in [1.54, 1.807) is 39.8 Å². The average molecular weight is 553 g/mol. The van der Waals surface area contributed by atoms with E-state index in [9.17, 15) is 9.59 Å². The first-order valence-corrected chi connectivity index (χ1v) is 13.8. The van der Waals surface area contributed by atoms with Crippen LogP contribution in [0.4, 0.5) is 22.2 Å². The van der Waals surface area contributed by atoms with Crippen LogP contribution in [-0.4, -0.2) is 68.7 Å². The van der Waals surface area contributed by atoms with Crippen molar-refractivity contribution in [1.29, 1.82) is 0 Å². The first-order valence-electron chi connectivity index (χ1n) is 13.8. The number of amides is 1. The number of ether oxygens (including phenoxy) is 2. The summed E-state index contributed by atoms with van der Waals surface area (Å²) in [5.74, 6) is 1.60. The van der Waals surface area contributed by atoms with Crippen LogP contribution < -0.4 is 20.5 Å². The molecule has 12 heteroatoms. The summed E-state index contributed by atoms with van der Waals surface area (Å²) in [5.41, 5.74) is 4.14. The second-order valence-corrected chi connectivity index (χ2v) is 11.1. The summed E-state index contributed by atoms with van der Waals surface area (Å²) in [6.07, 6.45) is 7.02. The van der Waals surface area contributed by atoms with Crippen LogP contribution >= 0.6 is 0 Å². The Kier molecular flexibility index (Phi) is 5.23. The van der Waals surface area contributed by atoms with Crippen molar-refractivity contribution in [3.8, 4) is 11.6 Å². The lowest BCUT2D eigenvalue weighted by atomic mass is 9.87. The largest absolute Gasteiger partial charge is 0.488 e. The highest BCUT2D eigenvalue weighted by atomic mass is 16.6. The number of pyridine rings is 1. The minimum atomic E-state index is -0.503. The summed E-state index contributed by atoms with van der Waals surface area (Å²) in [4.78, 5) is 44.1. The van der Waals surface area contributed by atoms with Gasteiger partial charge >= 0.3 is 6.09 Å². The number of rotatable bonds is 2. The molecule has 3 aromatic heterocycles. The monoisotopic (exact) mass is 552 g/mol. The van der Waals surface area contributed by atoms with E-state index in [1.165, 1.54) is 28.9 Å². The van der Waals surface area contributed by atoms with E-state index >= 15 is 0 Å². The molecule has 41 heavy (non-hydrogen) atoms. The normalized spacial score (nSPS) is 19.8. The van der Waals surface area contributed by atoms with E-state index in [1.807, 2.05) is 0 Å². The molecule has 1 spiro atoms. The van der Waals surface area contributed by atoms with E-state index in [-0.39, 0.29) is 18.7 Å². The Bertz CT molecular complexity index is 1820. The molecule has 4 aliphatic rings.